The first-order valence-electron chi connectivity index (χ1n) is 9.08. The maximum Gasteiger partial charge on any atom is 0.416 e. The standard InChI is InChI=1S/C19H16ClF3N2O6S2/c1-24-13-3-5-14(6-4-13)32(28,29)17-9-25(10-18(17,27)11-26)33(30,31)16-7-2-12(8-15(16)20)19(21,22)23/h2-8,17,26-27H,9-11H2/t17-,18-/m0/s1. The SMILES string of the molecule is [C-]#[N+]c1ccc(S(=O)(=O)[C@H]2CN(S(=O)(=O)c3ccc(C(F)(F)F)cc3Cl)C[C@]2(O)CO)cc1. The van der Waals surface area contributed by atoms with Gasteiger partial charge in [0, 0.05) is 13.1 Å². The van der Waals surface area contributed by atoms with E-state index in [0.717, 1.165) is 12.1 Å². The molecule has 2 aromatic rings. The van der Waals surface area contributed by atoms with Crippen molar-refractivity contribution in [2.45, 2.75) is 26.8 Å². The smallest absolute Gasteiger partial charge is 0.393 e. The molecule has 33 heavy (non-hydrogen) atoms. The molecule has 1 fully saturated rings. The molecule has 0 amide bonds. The highest BCUT2D eigenvalue weighted by atomic mass is 35.5. The van der Waals surface area contributed by atoms with E-state index >= 15 is 0 Å². The van der Waals surface area contributed by atoms with Crippen LogP contribution < -0.4 is 0 Å². The molecule has 1 aliphatic heterocycles. The number of alkyl halides is 3. The zero-order chi connectivity index (χ0) is 24.8. The molecule has 0 saturated carbocycles. The van der Waals surface area contributed by atoms with Crippen molar-refractivity contribution in [1.29, 1.82) is 0 Å². The minimum atomic E-state index is -4.77. The highest BCUT2D eigenvalue weighted by Crippen LogP contribution is 2.38. The Morgan fingerprint density at radius 1 is 1.15 bits per heavy atom. The maximum absolute atomic E-state index is 13.1. The fraction of sp³-hybridized carbons (Fsp3) is 0.316. The first kappa shape index (κ1) is 25.4. The van der Waals surface area contributed by atoms with Crippen LogP contribution in [0.25, 0.3) is 4.85 Å². The molecule has 1 aliphatic rings. The predicted molar refractivity (Wildman–Crippen MR) is 111 cm³/mol. The van der Waals surface area contributed by atoms with Gasteiger partial charge in [-0.15, -0.1) is 0 Å². The summed E-state index contributed by atoms with van der Waals surface area (Å²) in [6.45, 7) is 4.19. The van der Waals surface area contributed by atoms with Gasteiger partial charge < -0.3 is 10.2 Å². The maximum atomic E-state index is 13.1. The summed E-state index contributed by atoms with van der Waals surface area (Å²) in [4.78, 5) is 2.12. The van der Waals surface area contributed by atoms with Crippen LogP contribution in [0.1, 0.15) is 5.56 Å². The first-order valence-corrected chi connectivity index (χ1v) is 12.4. The van der Waals surface area contributed by atoms with Gasteiger partial charge in [-0.25, -0.2) is 21.7 Å². The predicted octanol–water partition coefficient (Wildman–Crippen LogP) is 2.48. The lowest BCUT2D eigenvalue weighted by Crippen LogP contribution is -2.49. The minimum absolute atomic E-state index is 0.152. The Balaban J connectivity index is 2.01. The van der Waals surface area contributed by atoms with Crippen molar-refractivity contribution in [3.05, 3.63) is 64.5 Å². The van der Waals surface area contributed by atoms with Crippen LogP contribution in [-0.4, -0.2) is 61.9 Å². The summed E-state index contributed by atoms with van der Waals surface area (Å²) in [6.07, 6.45) is -4.77. The van der Waals surface area contributed by atoms with Crippen molar-refractivity contribution < 1.29 is 40.2 Å². The number of nitrogens with zero attached hydrogens (tertiary/aromatic N) is 2. The quantitative estimate of drug-likeness (QED) is 0.581. The summed E-state index contributed by atoms with van der Waals surface area (Å²) in [5.41, 5.74) is -3.43. The number of aliphatic hydroxyl groups excluding tert-OH is 1. The molecule has 1 heterocycles. The summed E-state index contributed by atoms with van der Waals surface area (Å²) >= 11 is 5.79. The molecular weight excluding hydrogens is 509 g/mol. The van der Waals surface area contributed by atoms with Gasteiger partial charge in [-0.05, 0) is 18.2 Å². The molecule has 0 aliphatic carbocycles. The fourth-order valence-electron chi connectivity index (χ4n) is 3.45. The Morgan fingerprint density at radius 2 is 1.76 bits per heavy atom. The summed E-state index contributed by atoms with van der Waals surface area (Å²) in [5.74, 6) is 0. The molecule has 14 heteroatoms. The number of hydrogen-bond acceptors (Lipinski definition) is 6. The molecule has 3 rings (SSSR count). The van der Waals surface area contributed by atoms with Crippen molar-refractivity contribution in [1.82, 2.24) is 4.31 Å². The van der Waals surface area contributed by atoms with Crippen LogP contribution in [0.4, 0.5) is 18.9 Å². The van der Waals surface area contributed by atoms with E-state index in [4.69, 9.17) is 18.2 Å². The third-order valence-electron chi connectivity index (χ3n) is 5.24. The Kier molecular flexibility index (Phi) is 6.57. The van der Waals surface area contributed by atoms with Crippen LogP contribution >= 0.6 is 11.6 Å². The molecule has 0 radical (unpaired) electrons. The molecule has 0 unspecified atom stereocenters. The average Bonchev–Trinajstić information content (AvgIpc) is 3.12. The van der Waals surface area contributed by atoms with Crippen molar-refractivity contribution in [2.75, 3.05) is 19.7 Å². The minimum Gasteiger partial charge on any atom is -0.393 e. The number of aliphatic hydroxyl groups is 2. The summed E-state index contributed by atoms with van der Waals surface area (Å²) < 4.78 is 91.5. The number of hydrogen-bond donors (Lipinski definition) is 2. The van der Waals surface area contributed by atoms with Gasteiger partial charge in [-0.2, -0.15) is 17.5 Å². The summed E-state index contributed by atoms with van der Waals surface area (Å²) in [6, 6.07) is 6.26. The Labute approximate surface area is 192 Å². The zero-order valence-electron chi connectivity index (χ0n) is 16.5. The van der Waals surface area contributed by atoms with Crippen LogP contribution in [0.3, 0.4) is 0 Å². The Bertz CT molecular complexity index is 1320. The van der Waals surface area contributed by atoms with Crippen LogP contribution in [0.2, 0.25) is 5.02 Å². The molecule has 0 bridgehead atoms. The third kappa shape index (κ3) is 4.59. The molecular formula is C19H16ClF3N2O6S2. The topological polar surface area (TPSA) is 116 Å². The van der Waals surface area contributed by atoms with Gasteiger partial charge in [0.1, 0.15) is 15.7 Å². The van der Waals surface area contributed by atoms with Crippen LogP contribution in [0.5, 0.6) is 0 Å². The van der Waals surface area contributed by atoms with Crippen LogP contribution in [0.15, 0.2) is 52.3 Å². The molecule has 1 saturated heterocycles. The second-order valence-electron chi connectivity index (χ2n) is 7.34. The normalized spacial score (nSPS) is 22.3. The van der Waals surface area contributed by atoms with E-state index in [1.54, 1.807) is 0 Å². The molecule has 0 spiro atoms. The zero-order valence-corrected chi connectivity index (χ0v) is 18.9. The van der Waals surface area contributed by atoms with E-state index in [1.807, 2.05) is 0 Å². The Morgan fingerprint density at radius 3 is 2.24 bits per heavy atom. The molecule has 2 N–H and O–H groups in total. The van der Waals surface area contributed by atoms with E-state index in [0.29, 0.717) is 22.5 Å². The fourth-order valence-corrected chi connectivity index (χ4v) is 7.53. The molecule has 0 aromatic heterocycles. The van der Waals surface area contributed by atoms with E-state index in [1.165, 1.54) is 12.1 Å². The Hall–Kier alpha value is -2.21. The highest BCUT2D eigenvalue weighted by molar-refractivity contribution is 7.92. The monoisotopic (exact) mass is 524 g/mol. The van der Waals surface area contributed by atoms with Crippen molar-refractivity contribution in [3.63, 3.8) is 0 Å². The van der Waals surface area contributed by atoms with Crippen molar-refractivity contribution in [2.24, 2.45) is 0 Å². The van der Waals surface area contributed by atoms with Gasteiger partial charge in [0.15, 0.2) is 15.5 Å². The van der Waals surface area contributed by atoms with Crippen LogP contribution in [-0.2, 0) is 26.0 Å². The van der Waals surface area contributed by atoms with E-state index in [-0.39, 0.29) is 10.6 Å². The number of sulfone groups is 1. The van der Waals surface area contributed by atoms with Crippen molar-refractivity contribution in [3.8, 4) is 0 Å². The second-order valence-corrected chi connectivity index (χ2v) is 11.8. The lowest BCUT2D eigenvalue weighted by molar-refractivity contribution is -0.137. The second kappa shape index (κ2) is 8.53. The first-order chi connectivity index (χ1) is 15.2. The van der Waals surface area contributed by atoms with E-state index < -0.39 is 72.1 Å². The highest BCUT2D eigenvalue weighted by Gasteiger charge is 2.55. The summed E-state index contributed by atoms with van der Waals surface area (Å²) in [5, 5.41) is 18.0. The molecule has 178 valence electrons. The number of sulfonamides is 1. The lowest BCUT2D eigenvalue weighted by Gasteiger charge is -2.26. The van der Waals surface area contributed by atoms with Crippen LogP contribution in [0, 0.1) is 6.57 Å². The molecule has 2 aromatic carbocycles. The number of rotatable bonds is 5. The lowest BCUT2D eigenvalue weighted by atomic mass is 10.1. The van der Waals surface area contributed by atoms with Gasteiger partial charge in [0.2, 0.25) is 10.0 Å². The molecule has 2 atom stereocenters. The van der Waals surface area contributed by atoms with Gasteiger partial charge in [0.05, 0.1) is 28.7 Å². The van der Waals surface area contributed by atoms with Gasteiger partial charge in [-0.3, -0.25) is 0 Å². The van der Waals surface area contributed by atoms with Gasteiger partial charge in [-0.1, -0.05) is 35.9 Å². The van der Waals surface area contributed by atoms with Gasteiger partial charge in [0.25, 0.3) is 0 Å². The molecule has 8 nitrogen and oxygen atoms in total. The van der Waals surface area contributed by atoms with Crippen molar-refractivity contribution >= 4 is 37.1 Å². The van der Waals surface area contributed by atoms with E-state index in [2.05, 4.69) is 4.85 Å². The number of benzene rings is 2. The third-order valence-corrected chi connectivity index (χ3v) is 9.80. The summed E-state index contributed by atoms with van der Waals surface area (Å²) in [7, 11) is -9.04. The number of halogens is 4. The average molecular weight is 525 g/mol. The number of β-amino-alcohol motifs (C(OH)–C–C–N with tert-alkyl or cyclic N) is 1. The van der Waals surface area contributed by atoms with Gasteiger partial charge >= 0.3 is 6.18 Å². The van der Waals surface area contributed by atoms with E-state index in [9.17, 15) is 40.2 Å². The largest absolute Gasteiger partial charge is 0.416 e.